The summed E-state index contributed by atoms with van der Waals surface area (Å²) in [5, 5.41) is 3.27. The van der Waals surface area contributed by atoms with Crippen LogP contribution in [0.4, 0.5) is 5.69 Å². The maximum Gasteiger partial charge on any atom is 0.261 e. The van der Waals surface area contributed by atoms with Gasteiger partial charge in [0.2, 0.25) is 10.0 Å². The molecule has 1 amide bonds. The monoisotopic (exact) mass is 451 g/mol. The van der Waals surface area contributed by atoms with Crippen LogP contribution in [0, 0.1) is 5.92 Å². The van der Waals surface area contributed by atoms with Crippen LogP contribution >= 0.6 is 23.1 Å². The van der Waals surface area contributed by atoms with Crippen LogP contribution in [0.3, 0.4) is 0 Å². The molecule has 3 aliphatic rings. The molecular formula is C20H25N3O3S3. The lowest BCUT2D eigenvalue weighted by molar-refractivity contribution is 0.0218. The summed E-state index contributed by atoms with van der Waals surface area (Å²) in [7, 11) is -3.31. The van der Waals surface area contributed by atoms with E-state index in [4.69, 9.17) is 0 Å². The van der Waals surface area contributed by atoms with Crippen LogP contribution in [0.2, 0.25) is 0 Å². The fourth-order valence-corrected chi connectivity index (χ4v) is 6.84. The zero-order chi connectivity index (χ0) is 20.6. The number of benzene rings is 1. The molecule has 3 saturated heterocycles. The maximum atomic E-state index is 12.8. The molecule has 2 bridgehead atoms. The van der Waals surface area contributed by atoms with Gasteiger partial charge in [0.05, 0.1) is 15.3 Å². The molecular weight excluding hydrogens is 426 g/mol. The van der Waals surface area contributed by atoms with Gasteiger partial charge in [0.1, 0.15) is 0 Å². The van der Waals surface area contributed by atoms with E-state index < -0.39 is 10.0 Å². The minimum Gasteiger partial charge on any atom is -0.347 e. The zero-order valence-electron chi connectivity index (χ0n) is 16.4. The standard InChI is InChI=1S/C20H25N3O3S3/c1-13-19(14-8-10-23(13)11-9-14)21-20(24)17-6-7-18(28-17)27-16-5-3-4-15(12-16)22-29(2,25)26/h3-7,12-14,19,22H,8-11H2,1-2H3,(H,21,24). The number of nitrogens with zero attached hydrogens (tertiary/aromatic N) is 1. The molecule has 0 saturated carbocycles. The summed E-state index contributed by atoms with van der Waals surface area (Å²) in [5.41, 5.74) is 0.531. The molecule has 0 spiro atoms. The van der Waals surface area contributed by atoms with Crippen molar-refractivity contribution in [1.82, 2.24) is 10.2 Å². The molecule has 1 aromatic carbocycles. The Morgan fingerprint density at radius 3 is 2.66 bits per heavy atom. The lowest BCUT2D eigenvalue weighted by atomic mass is 9.79. The largest absolute Gasteiger partial charge is 0.347 e. The highest BCUT2D eigenvalue weighted by Gasteiger charge is 2.40. The number of nitrogens with one attached hydrogen (secondary N) is 2. The first-order valence-corrected chi connectivity index (χ1v) is 13.2. The van der Waals surface area contributed by atoms with Crippen molar-refractivity contribution < 1.29 is 13.2 Å². The van der Waals surface area contributed by atoms with E-state index in [2.05, 4.69) is 21.9 Å². The molecule has 156 valence electrons. The van der Waals surface area contributed by atoms with E-state index in [-0.39, 0.29) is 11.9 Å². The number of amides is 1. The molecule has 3 aliphatic heterocycles. The first-order chi connectivity index (χ1) is 13.8. The van der Waals surface area contributed by atoms with E-state index in [1.807, 2.05) is 24.3 Å². The number of thiophene rings is 1. The van der Waals surface area contributed by atoms with Crippen LogP contribution < -0.4 is 10.0 Å². The zero-order valence-corrected chi connectivity index (χ0v) is 18.9. The minimum absolute atomic E-state index is 0.0000521. The molecule has 4 heterocycles. The molecule has 2 unspecified atom stereocenters. The first-order valence-electron chi connectivity index (χ1n) is 9.69. The Hall–Kier alpha value is -1.55. The molecule has 5 rings (SSSR count). The van der Waals surface area contributed by atoms with Gasteiger partial charge in [-0.1, -0.05) is 17.8 Å². The second-order valence-electron chi connectivity index (χ2n) is 7.74. The number of anilines is 1. The van der Waals surface area contributed by atoms with Gasteiger partial charge in [0, 0.05) is 22.7 Å². The van der Waals surface area contributed by atoms with Crippen molar-refractivity contribution in [2.45, 2.75) is 41.0 Å². The quantitative estimate of drug-likeness (QED) is 0.703. The van der Waals surface area contributed by atoms with Crippen LogP contribution in [0.5, 0.6) is 0 Å². The molecule has 0 radical (unpaired) electrons. The first kappa shape index (κ1) is 20.7. The van der Waals surface area contributed by atoms with Crippen LogP contribution in [-0.4, -0.2) is 50.7 Å². The third kappa shape index (κ3) is 4.96. The highest BCUT2D eigenvalue weighted by Crippen LogP contribution is 2.36. The highest BCUT2D eigenvalue weighted by molar-refractivity contribution is 8.01. The van der Waals surface area contributed by atoms with E-state index >= 15 is 0 Å². The topological polar surface area (TPSA) is 78.5 Å². The molecule has 2 N–H and O–H groups in total. The Balaban J connectivity index is 1.41. The summed E-state index contributed by atoms with van der Waals surface area (Å²) < 4.78 is 26.3. The number of piperidine rings is 3. The van der Waals surface area contributed by atoms with Gasteiger partial charge in [0.15, 0.2) is 0 Å². The predicted octanol–water partition coefficient (Wildman–Crippen LogP) is 3.48. The SMILES string of the molecule is CC1C(NC(=O)c2ccc(Sc3cccc(NS(C)(=O)=O)c3)s2)C2CCN1CC2. The van der Waals surface area contributed by atoms with Crippen molar-refractivity contribution in [3.63, 3.8) is 0 Å². The van der Waals surface area contributed by atoms with Crippen molar-refractivity contribution in [2.75, 3.05) is 24.1 Å². The van der Waals surface area contributed by atoms with E-state index in [1.54, 1.807) is 12.1 Å². The van der Waals surface area contributed by atoms with E-state index in [9.17, 15) is 13.2 Å². The number of carbonyl (C=O) groups excluding carboxylic acids is 1. The van der Waals surface area contributed by atoms with Crippen molar-refractivity contribution in [3.8, 4) is 0 Å². The summed E-state index contributed by atoms with van der Waals surface area (Å²) in [6.07, 6.45) is 3.46. The van der Waals surface area contributed by atoms with Crippen LogP contribution in [0.1, 0.15) is 29.4 Å². The Morgan fingerprint density at radius 1 is 1.21 bits per heavy atom. The van der Waals surface area contributed by atoms with Gasteiger partial charge in [-0.2, -0.15) is 0 Å². The lowest BCUT2D eigenvalue weighted by Crippen LogP contribution is -2.62. The number of hydrogen-bond donors (Lipinski definition) is 2. The summed E-state index contributed by atoms with van der Waals surface area (Å²) >= 11 is 2.98. The van der Waals surface area contributed by atoms with Gasteiger partial charge in [0.25, 0.3) is 5.91 Å². The fraction of sp³-hybridized carbons (Fsp3) is 0.450. The Morgan fingerprint density at radius 2 is 1.97 bits per heavy atom. The molecule has 3 fully saturated rings. The molecule has 1 aromatic heterocycles. The van der Waals surface area contributed by atoms with E-state index in [0.717, 1.165) is 28.4 Å². The summed E-state index contributed by atoms with van der Waals surface area (Å²) in [4.78, 5) is 16.9. The predicted molar refractivity (Wildman–Crippen MR) is 118 cm³/mol. The van der Waals surface area contributed by atoms with Crippen LogP contribution in [-0.2, 0) is 10.0 Å². The Bertz CT molecular complexity index is 995. The molecule has 2 aromatic rings. The van der Waals surface area contributed by atoms with Crippen LogP contribution in [0.25, 0.3) is 0 Å². The summed E-state index contributed by atoms with van der Waals surface area (Å²) in [6.45, 7) is 4.50. The van der Waals surface area contributed by atoms with Crippen molar-refractivity contribution in [2.24, 2.45) is 5.92 Å². The number of carbonyl (C=O) groups is 1. The lowest BCUT2D eigenvalue weighted by Gasteiger charge is -2.49. The van der Waals surface area contributed by atoms with Crippen molar-refractivity contribution >= 4 is 44.7 Å². The van der Waals surface area contributed by atoms with E-state index in [1.165, 1.54) is 35.9 Å². The second kappa shape index (κ2) is 8.29. The fourth-order valence-electron chi connectivity index (χ4n) is 4.22. The number of fused-ring (bicyclic) bond motifs is 3. The van der Waals surface area contributed by atoms with Gasteiger partial charge in [-0.15, -0.1) is 11.3 Å². The molecule has 2 atom stereocenters. The van der Waals surface area contributed by atoms with E-state index in [0.29, 0.717) is 22.5 Å². The van der Waals surface area contributed by atoms with Gasteiger partial charge >= 0.3 is 0 Å². The van der Waals surface area contributed by atoms with Gasteiger partial charge < -0.3 is 5.32 Å². The maximum absolute atomic E-state index is 12.8. The third-order valence-corrected chi connectivity index (χ3v) is 8.45. The highest BCUT2D eigenvalue weighted by atomic mass is 32.2. The van der Waals surface area contributed by atoms with Gasteiger partial charge in [-0.25, -0.2) is 8.42 Å². The van der Waals surface area contributed by atoms with Gasteiger partial charge in [-0.3, -0.25) is 14.4 Å². The van der Waals surface area contributed by atoms with Crippen molar-refractivity contribution in [3.05, 3.63) is 41.3 Å². The van der Waals surface area contributed by atoms with Crippen LogP contribution in [0.15, 0.2) is 45.5 Å². The summed E-state index contributed by atoms with van der Waals surface area (Å²) in [6, 6.07) is 11.7. The second-order valence-corrected chi connectivity index (χ2v) is 11.9. The molecule has 6 nitrogen and oxygen atoms in total. The minimum atomic E-state index is -3.31. The average molecular weight is 452 g/mol. The third-order valence-electron chi connectivity index (χ3n) is 5.64. The van der Waals surface area contributed by atoms with Crippen molar-refractivity contribution in [1.29, 1.82) is 0 Å². The average Bonchev–Trinajstić information content (AvgIpc) is 3.12. The number of hydrogen-bond acceptors (Lipinski definition) is 6. The molecule has 9 heteroatoms. The Labute approximate surface area is 180 Å². The Kier molecular flexibility index (Phi) is 5.92. The smallest absolute Gasteiger partial charge is 0.261 e. The summed E-state index contributed by atoms with van der Waals surface area (Å²) in [5.74, 6) is 0.581. The molecule has 29 heavy (non-hydrogen) atoms. The normalized spacial score (nSPS) is 26.3. The van der Waals surface area contributed by atoms with Gasteiger partial charge in [-0.05, 0) is 69.1 Å². The molecule has 0 aliphatic carbocycles. The number of sulfonamides is 1. The number of rotatable bonds is 6.